The van der Waals surface area contributed by atoms with Crippen LogP contribution in [0.4, 0.5) is 4.79 Å². The van der Waals surface area contributed by atoms with Crippen LogP contribution in [0.5, 0.6) is 11.5 Å². The number of hydrogen-bond acceptors (Lipinski definition) is 4. The van der Waals surface area contributed by atoms with Gasteiger partial charge in [0.1, 0.15) is 5.65 Å². The Kier molecular flexibility index (Phi) is 6.18. The van der Waals surface area contributed by atoms with Crippen LogP contribution in [0.25, 0.3) is 27.7 Å². The molecule has 0 atom stereocenters. The summed E-state index contributed by atoms with van der Waals surface area (Å²) in [7, 11) is 5.23. The highest BCUT2D eigenvalue weighted by Crippen LogP contribution is 2.35. The summed E-state index contributed by atoms with van der Waals surface area (Å²) >= 11 is 0. The number of carbonyl (C=O) groups excluding carboxylic acids is 1. The van der Waals surface area contributed by atoms with Gasteiger partial charge in [-0.25, -0.2) is 9.78 Å². The third kappa shape index (κ3) is 4.11. The van der Waals surface area contributed by atoms with Gasteiger partial charge in [0.15, 0.2) is 11.5 Å². The van der Waals surface area contributed by atoms with Crippen molar-refractivity contribution >= 4 is 22.6 Å². The first-order chi connectivity index (χ1) is 16.6. The average molecular weight is 461 g/mol. The number of aromatic nitrogens is 2. The van der Waals surface area contributed by atoms with E-state index in [0.29, 0.717) is 24.1 Å². The van der Waals surface area contributed by atoms with E-state index < -0.39 is 0 Å². The van der Waals surface area contributed by atoms with Gasteiger partial charge in [-0.2, -0.15) is 0 Å². The molecule has 1 saturated carbocycles. The summed E-state index contributed by atoms with van der Waals surface area (Å²) < 4.78 is 10.8. The molecule has 5 rings (SSSR count). The van der Waals surface area contributed by atoms with Crippen LogP contribution in [0.3, 0.4) is 0 Å². The van der Waals surface area contributed by atoms with E-state index in [1.807, 2.05) is 47.4 Å². The molecule has 178 valence electrons. The smallest absolute Gasteiger partial charge is 0.320 e. The molecule has 7 nitrogen and oxygen atoms in total. The van der Waals surface area contributed by atoms with Gasteiger partial charge < -0.3 is 24.3 Å². The predicted molar refractivity (Wildman–Crippen MR) is 134 cm³/mol. The number of urea groups is 1. The van der Waals surface area contributed by atoms with Crippen molar-refractivity contribution in [2.24, 2.45) is 0 Å². The zero-order valence-corrected chi connectivity index (χ0v) is 20.1. The second-order valence-corrected chi connectivity index (χ2v) is 9.15. The molecule has 2 aromatic heterocycles. The number of methoxy groups -OCH3 is 2. The van der Waals surface area contributed by atoms with Crippen molar-refractivity contribution in [2.75, 3.05) is 34.4 Å². The van der Waals surface area contributed by atoms with Crippen LogP contribution < -0.4 is 9.47 Å². The summed E-state index contributed by atoms with van der Waals surface area (Å²) in [5.41, 5.74) is 5.30. The second kappa shape index (κ2) is 9.41. The molecule has 1 fully saturated rings. The Morgan fingerprint density at radius 3 is 2.62 bits per heavy atom. The fraction of sp³-hybridized carbons (Fsp3) is 0.407. The van der Waals surface area contributed by atoms with Crippen LogP contribution in [-0.2, 0) is 0 Å². The Morgan fingerprint density at radius 1 is 1.12 bits per heavy atom. The zero-order chi connectivity index (χ0) is 23.7. The molecule has 0 saturated heterocycles. The lowest BCUT2D eigenvalue weighted by atomic mass is 9.98. The number of nitrogens with zero attached hydrogens (tertiary/aromatic N) is 3. The van der Waals surface area contributed by atoms with E-state index in [4.69, 9.17) is 9.47 Å². The summed E-state index contributed by atoms with van der Waals surface area (Å²) in [6.45, 7) is 1.37. The van der Waals surface area contributed by atoms with E-state index in [1.54, 1.807) is 14.2 Å². The molecule has 0 unspecified atom stereocenters. The maximum absolute atomic E-state index is 13.0. The number of pyridine rings is 1. The second-order valence-electron chi connectivity index (χ2n) is 9.15. The number of amides is 2. The van der Waals surface area contributed by atoms with Gasteiger partial charge in [-0.15, -0.1) is 0 Å². The topological polar surface area (TPSA) is 70.7 Å². The van der Waals surface area contributed by atoms with Crippen molar-refractivity contribution in [3.05, 3.63) is 48.3 Å². The average Bonchev–Trinajstić information content (AvgIpc) is 3.57. The Labute approximate surface area is 200 Å². The third-order valence-electron chi connectivity index (χ3n) is 7.25. The number of ether oxygens (including phenoxy) is 2. The maximum Gasteiger partial charge on any atom is 0.320 e. The van der Waals surface area contributed by atoms with Crippen molar-refractivity contribution < 1.29 is 14.3 Å². The van der Waals surface area contributed by atoms with Gasteiger partial charge in [0.2, 0.25) is 0 Å². The van der Waals surface area contributed by atoms with Crippen molar-refractivity contribution in [2.45, 2.75) is 38.1 Å². The molecule has 1 aromatic carbocycles. The Bertz CT molecular complexity index is 1230. The minimum atomic E-state index is 0.151. The highest BCUT2D eigenvalue weighted by atomic mass is 16.5. The molecule has 0 radical (unpaired) electrons. The molecule has 1 aliphatic carbocycles. The number of nitrogens with one attached hydrogen (secondary N) is 1. The number of H-pyrrole nitrogens is 1. The number of aromatic amines is 1. The summed E-state index contributed by atoms with van der Waals surface area (Å²) in [6, 6.07) is 8.61. The van der Waals surface area contributed by atoms with Gasteiger partial charge in [-0.05, 0) is 48.6 Å². The van der Waals surface area contributed by atoms with Crippen LogP contribution in [0.1, 0.15) is 37.7 Å². The molecule has 0 bridgehead atoms. The Balaban J connectivity index is 1.38. The molecule has 2 aliphatic rings. The molecule has 0 spiro atoms. The normalized spacial score (nSPS) is 16.6. The lowest BCUT2D eigenvalue weighted by Crippen LogP contribution is -2.46. The monoisotopic (exact) mass is 460 g/mol. The molecule has 3 aromatic rings. The Hall–Kier alpha value is -3.48. The van der Waals surface area contributed by atoms with Crippen LogP contribution >= 0.6 is 0 Å². The zero-order valence-electron chi connectivity index (χ0n) is 20.1. The van der Waals surface area contributed by atoms with Crippen LogP contribution in [-0.4, -0.2) is 66.2 Å². The number of benzene rings is 1. The number of fused-ring (bicyclic) bond motifs is 1. The van der Waals surface area contributed by atoms with E-state index in [2.05, 4.69) is 22.1 Å². The molecule has 2 amide bonds. The van der Waals surface area contributed by atoms with Crippen molar-refractivity contribution in [1.29, 1.82) is 0 Å². The molecule has 1 N–H and O–H groups in total. The Morgan fingerprint density at radius 2 is 1.91 bits per heavy atom. The molecule has 3 heterocycles. The predicted octanol–water partition coefficient (Wildman–Crippen LogP) is 5.33. The van der Waals surface area contributed by atoms with Gasteiger partial charge in [0.25, 0.3) is 0 Å². The van der Waals surface area contributed by atoms with E-state index in [-0.39, 0.29) is 6.03 Å². The molecular formula is C27H32N4O3. The van der Waals surface area contributed by atoms with E-state index >= 15 is 0 Å². The lowest BCUT2D eigenvalue weighted by Gasteiger charge is -2.33. The molecule has 1 aliphatic heterocycles. The van der Waals surface area contributed by atoms with Gasteiger partial charge in [0, 0.05) is 55.1 Å². The maximum atomic E-state index is 13.0. The highest BCUT2D eigenvalue weighted by Gasteiger charge is 2.28. The first-order valence-corrected chi connectivity index (χ1v) is 12.0. The van der Waals surface area contributed by atoms with E-state index in [9.17, 15) is 4.79 Å². The van der Waals surface area contributed by atoms with E-state index in [0.717, 1.165) is 53.5 Å². The van der Waals surface area contributed by atoms with E-state index in [1.165, 1.54) is 18.4 Å². The summed E-state index contributed by atoms with van der Waals surface area (Å²) in [6.07, 6.45) is 11.6. The van der Waals surface area contributed by atoms with Crippen molar-refractivity contribution in [1.82, 2.24) is 19.8 Å². The minimum Gasteiger partial charge on any atom is -0.493 e. The van der Waals surface area contributed by atoms with Gasteiger partial charge in [-0.1, -0.05) is 25.0 Å². The quantitative estimate of drug-likeness (QED) is 0.559. The molecule has 34 heavy (non-hydrogen) atoms. The first kappa shape index (κ1) is 22.3. The summed E-state index contributed by atoms with van der Waals surface area (Å²) in [4.78, 5) is 24.9. The number of rotatable bonds is 5. The van der Waals surface area contributed by atoms with Gasteiger partial charge >= 0.3 is 6.03 Å². The van der Waals surface area contributed by atoms with Crippen LogP contribution in [0.15, 0.2) is 42.7 Å². The summed E-state index contributed by atoms with van der Waals surface area (Å²) in [5, 5.41) is 1.08. The van der Waals surface area contributed by atoms with Gasteiger partial charge in [-0.3, -0.25) is 0 Å². The van der Waals surface area contributed by atoms with Crippen molar-refractivity contribution in [3.63, 3.8) is 0 Å². The summed E-state index contributed by atoms with van der Waals surface area (Å²) in [5.74, 6) is 1.39. The fourth-order valence-electron chi connectivity index (χ4n) is 5.20. The number of hydrogen-bond donors (Lipinski definition) is 1. The largest absolute Gasteiger partial charge is 0.493 e. The SMILES string of the molecule is COc1ccc(-c2cnc3[nH]cc(C4=CCN(C(=O)N(C)C5CCCC5)CC4)c3c2)cc1OC. The third-order valence-corrected chi connectivity index (χ3v) is 7.25. The molecule has 7 heteroatoms. The van der Waals surface area contributed by atoms with Crippen LogP contribution in [0.2, 0.25) is 0 Å². The number of carbonyl (C=O) groups is 1. The lowest BCUT2D eigenvalue weighted by molar-refractivity contribution is 0.151. The minimum absolute atomic E-state index is 0.151. The first-order valence-electron chi connectivity index (χ1n) is 12.0. The highest BCUT2D eigenvalue weighted by molar-refractivity contribution is 5.93. The fourth-order valence-corrected chi connectivity index (χ4v) is 5.20. The van der Waals surface area contributed by atoms with Gasteiger partial charge in [0.05, 0.1) is 14.2 Å². The van der Waals surface area contributed by atoms with Crippen LogP contribution in [0, 0.1) is 0 Å². The van der Waals surface area contributed by atoms with Crippen molar-refractivity contribution in [3.8, 4) is 22.6 Å². The molecular weight excluding hydrogens is 428 g/mol. The standard InChI is InChI=1S/C27H32N4O3/c1-30(21-6-4-5-7-21)27(32)31-12-10-18(11-13-31)23-17-29-26-22(23)14-20(16-28-26)19-8-9-24(33-2)25(15-19)34-3/h8-10,14-17,21H,4-7,11-13H2,1-3H3,(H,28,29).